The van der Waals surface area contributed by atoms with Crippen molar-refractivity contribution in [1.82, 2.24) is 5.32 Å². The fraction of sp³-hybridized carbons (Fsp3) is 0.391. The van der Waals surface area contributed by atoms with Gasteiger partial charge in [-0.15, -0.1) is 0 Å². The molecule has 3 rings (SSSR count). The smallest absolute Gasteiger partial charge is 0.251 e. The lowest BCUT2D eigenvalue weighted by Crippen LogP contribution is -2.31. The number of rotatable bonds is 7. The number of aryl methyl sites for hydroxylation is 3. The number of carbonyl (C=O) groups is 2. The molecule has 1 atom stereocenters. The minimum absolute atomic E-state index is 0.116. The van der Waals surface area contributed by atoms with Gasteiger partial charge in [-0.05, 0) is 69.0 Å². The van der Waals surface area contributed by atoms with Crippen LogP contribution in [0.3, 0.4) is 0 Å². The summed E-state index contributed by atoms with van der Waals surface area (Å²) in [7, 11) is 0. The van der Waals surface area contributed by atoms with Crippen LogP contribution in [0.15, 0.2) is 36.4 Å². The van der Waals surface area contributed by atoms with E-state index in [-0.39, 0.29) is 24.5 Å². The predicted molar refractivity (Wildman–Crippen MR) is 116 cm³/mol. The van der Waals surface area contributed by atoms with E-state index in [0.29, 0.717) is 17.8 Å². The van der Waals surface area contributed by atoms with E-state index >= 15 is 0 Å². The van der Waals surface area contributed by atoms with Crippen LogP contribution in [0, 0.1) is 20.8 Å². The molecule has 0 saturated carbocycles. The number of nitrogens with one attached hydrogen (secondary N) is 3. The van der Waals surface area contributed by atoms with Gasteiger partial charge in [0, 0.05) is 30.1 Å². The van der Waals surface area contributed by atoms with Crippen molar-refractivity contribution in [2.24, 2.45) is 0 Å². The van der Waals surface area contributed by atoms with Crippen molar-refractivity contribution in [2.45, 2.75) is 39.7 Å². The zero-order valence-corrected chi connectivity index (χ0v) is 17.3. The Morgan fingerprint density at radius 2 is 1.76 bits per heavy atom. The molecule has 0 aliphatic carbocycles. The number of amides is 2. The maximum atomic E-state index is 12.3. The Balaban J connectivity index is 1.48. The first-order valence-electron chi connectivity index (χ1n) is 10.0. The quantitative estimate of drug-likeness (QED) is 0.670. The molecule has 2 aromatic carbocycles. The van der Waals surface area contributed by atoms with E-state index < -0.39 is 0 Å². The summed E-state index contributed by atoms with van der Waals surface area (Å²) in [5.74, 6) is -0.273. The first-order chi connectivity index (χ1) is 13.9. The molecule has 6 nitrogen and oxygen atoms in total. The van der Waals surface area contributed by atoms with E-state index in [1.807, 2.05) is 13.8 Å². The summed E-state index contributed by atoms with van der Waals surface area (Å²) in [4.78, 5) is 24.5. The van der Waals surface area contributed by atoms with Crippen molar-refractivity contribution in [3.8, 4) is 0 Å². The fourth-order valence-electron chi connectivity index (χ4n) is 3.65. The van der Waals surface area contributed by atoms with Gasteiger partial charge in [-0.2, -0.15) is 0 Å². The van der Waals surface area contributed by atoms with E-state index in [1.165, 1.54) is 5.56 Å². The van der Waals surface area contributed by atoms with Crippen LogP contribution in [-0.4, -0.2) is 37.6 Å². The third-order valence-corrected chi connectivity index (χ3v) is 5.05. The standard InChI is InChI=1S/C23H29N3O3/c1-15-11-16(2)22(17(3)12-15)24-14-21(27)26-19-8-6-18(7-9-19)23(28)25-13-20-5-4-10-29-20/h6-9,11-12,20,24H,4-5,10,13-14H2,1-3H3,(H,25,28)(H,26,27). The third kappa shape index (κ3) is 5.81. The van der Waals surface area contributed by atoms with E-state index in [1.54, 1.807) is 24.3 Å². The predicted octanol–water partition coefficient (Wildman–Crippen LogP) is 3.57. The Kier molecular flexibility index (Phi) is 6.88. The SMILES string of the molecule is Cc1cc(C)c(NCC(=O)Nc2ccc(C(=O)NCC3CCCO3)cc2)c(C)c1. The highest BCUT2D eigenvalue weighted by Gasteiger charge is 2.16. The molecule has 0 spiro atoms. The van der Waals surface area contributed by atoms with Crippen molar-refractivity contribution < 1.29 is 14.3 Å². The summed E-state index contributed by atoms with van der Waals surface area (Å²) in [5.41, 5.74) is 5.65. The summed E-state index contributed by atoms with van der Waals surface area (Å²) in [5, 5.41) is 8.96. The summed E-state index contributed by atoms with van der Waals surface area (Å²) in [6, 6.07) is 11.1. The van der Waals surface area contributed by atoms with Gasteiger partial charge >= 0.3 is 0 Å². The van der Waals surface area contributed by atoms with Crippen LogP contribution < -0.4 is 16.0 Å². The normalized spacial score (nSPS) is 15.8. The monoisotopic (exact) mass is 395 g/mol. The van der Waals surface area contributed by atoms with Gasteiger partial charge in [0.2, 0.25) is 5.91 Å². The van der Waals surface area contributed by atoms with Crippen molar-refractivity contribution in [3.05, 3.63) is 58.7 Å². The molecule has 3 N–H and O–H groups in total. The summed E-state index contributed by atoms with van der Waals surface area (Å²) in [6.07, 6.45) is 2.15. The molecular weight excluding hydrogens is 366 g/mol. The Hall–Kier alpha value is -2.86. The molecule has 1 aliphatic heterocycles. The number of hydrogen-bond donors (Lipinski definition) is 3. The zero-order valence-electron chi connectivity index (χ0n) is 17.3. The van der Waals surface area contributed by atoms with Crippen LogP contribution in [0.25, 0.3) is 0 Å². The molecule has 154 valence electrons. The van der Waals surface area contributed by atoms with Gasteiger partial charge in [-0.3, -0.25) is 9.59 Å². The molecule has 0 radical (unpaired) electrons. The maximum absolute atomic E-state index is 12.3. The van der Waals surface area contributed by atoms with Gasteiger partial charge in [-0.1, -0.05) is 17.7 Å². The molecule has 1 aliphatic rings. The molecule has 2 amide bonds. The van der Waals surface area contributed by atoms with E-state index in [4.69, 9.17) is 4.74 Å². The lowest BCUT2D eigenvalue weighted by Gasteiger charge is -2.14. The van der Waals surface area contributed by atoms with Crippen molar-refractivity contribution >= 4 is 23.2 Å². The van der Waals surface area contributed by atoms with Crippen LogP contribution in [0.4, 0.5) is 11.4 Å². The highest BCUT2D eigenvalue weighted by molar-refractivity contribution is 5.96. The topological polar surface area (TPSA) is 79.5 Å². The molecule has 29 heavy (non-hydrogen) atoms. The van der Waals surface area contributed by atoms with E-state index in [2.05, 4.69) is 35.0 Å². The molecule has 0 aromatic heterocycles. The lowest BCUT2D eigenvalue weighted by atomic mass is 10.1. The average Bonchev–Trinajstić information content (AvgIpc) is 3.19. The molecule has 1 unspecified atom stereocenters. The Labute approximate surface area is 172 Å². The second-order valence-corrected chi connectivity index (χ2v) is 7.60. The minimum atomic E-state index is -0.139. The Bertz CT molecular complexity index is 848. The summed E-state index contributed by atoms with van der Waals surface area (Å²) >= 11 is 0. The van der Waals surface area contributed by atoms with Crippen molar-refractivity contribution in [2.75, 3.05) is 30.3 Å². The maximum Gasteiger partial charge on any atom is 0.251 e. The van der Waals surface area contributed by atoms with Crippen LogP contribution in [-0.2, 0) is 9.53 Å². The highest BCUT2D eigenvalue weighted by Crippen LogP contribution is 2.21. The first kappa shape index (κ1) is 20.9. The Morgan fingerprint density at radius 1 is 1.07 bits per heavy atom. The third-order valence-electron chi connectivity index (χ3n) is 5.05. The van der Waals surface area contributed by atoms with Gasteiger partial charge in [0.05, 0.1) is 12.6 Å². The fourth-order valence-corrected chi connectivity index (χ4v) is 3.65. The second-order valence-electron chi connectivity index (χ2n) is 7.60. The van der Waals surface area contributed by atoms with Crippen LogP contribution in [0.1, 0.15) is 39.9 Å². The van der Waals surface area contributed by atoms with Gasteiger partial charge in [-0.25, -0.2) is 0 Å². The summed E-state index contributed by atoms with van der Waals surface area (Å²) in [6.45, 7) is 7.59. The number of anilines is 2. The highest BCUT2D eigenvalue weighted by atomic mass is 16.5. The largest absolute Gasteiger partial charge is 0.376 e. The van der Waals surface area contributed by atoms with Crippen molar-refractivity contribution in [1.29, 1.82) is 0 Å². The van der Waals surface area contributed by atoms with Gasteiger partial charge in [0.1, 0.15) is 0 Å². The number of ether oxygens (including phenoxy) is 1. The lowest BCUT2D eigenvalue weighted by molar-refractivity contribution is -0.114. The van der Waals surface area contributed by atoms with Crippen molar-refractivity contribution in [3.63, 3.8) is 0 Å². The number of hydrogen-bond acceptors (Lipinski definition) is 4. The second kappa shape index (κ2) is 9.56. The number of carbonyl (C=O) groups excluding carboxylic acids is 2. The zero-order chi connectivity index (χ0) is 20.8. The molecule has 1 heterocycles. The molecule has 2 aromatic rings. The number of benzene rings is 2. The molecule has 1 saturated heterocycles. The van der Waals surface area contributed by atoms with Crippen LogP contribution in [0.2, 0.25) is 0 Å². The summed E-state index contributed by atoms with van der Waals surface area (Å²) < 4.78 is 5.51. The van der Waals surface area contributed by atoms with E-state index in [0.717, 1.165) is 36.3 Å². The molecule has 0 bridgehead atoms. The van der Waals surface area contributed by atoms with Crippen LogP contribution >= 0.6 is 0 Å². The molecular formula is C23H29N3O3. The molecule has 6 heteroatoms. The van der Waals surface area contributed by atoms with Gasteiger partial charge in [0.15, 0.2) is 0 Å². The van der Waals surface area contributed by atoms with Crippen LogP contribution in [0.5, 0.6) is 0 Å². The average molecular weight is 396 g/mol. The van der Waals surface area contributed by atoms with E-state index in [9.17, 15) is 9.59 Å². The van der Waals surface area contributed by atoms with Gasteiger partial charge in [0.25, 0.3) is 5.91 Å². The molecule has 1 fully saturated rings. The van der Waals surface area contributed by atoms with Gasteiger partial charge < -0.3 is 20.7 Å². The first-order valence-corrected chi connectivity index (χ1v) is 10.0. The Morgan fingerprint density at radius 3 is 2.38 bits per heavy atom. The minimum Gasteiger partial charge on any atom is -0.376 e.